The second kappa shape index (κ2) is 5.85. The van der Waals surface area contributed by atoms with Gasteiger partial charge in [-0.05, 0) is 36.5 Å². The molecule has 1 amide bonds. The maximum atomic E-state index is 12.8. The van der Waals surface area contributed by atoms with Crippen molar-refractivity contribution in [1.29, 1.82) is 0 Å². The Morgan fingerprint density at radius 3 is 3.00 bits per heavy atom. The first-order valence-electron chi connectivity index (χ1n) is 7.38. The summed E-state index contributed by atoms with van der Waals surface area (Å²) in [5.74, 6) is -0.954. The number of carboxylic acid groups (broad SMARTS) is 1. The molecule has 0 spiro atoms. The summed E-state index contributed by atoms with van der Waals surface area (Å²) < 4.78 is 5.33. The molecule has 1 fully saturated rings. The summed E-state index contributed by atoms with van der Waals surface area (Å²) in [5, 5.41) is 9.00. The summed E-state index contributed by atoms with van der Waals surface area (Å²) >= 11 is 0. The molecule has 0 bridgehead atoms. The first-order valence-corrected chi connectivity index (χ1v) is 7.38. The highest BCUT2D eigenvalue weighted by atomic mass is 16.5. The van der Waals surface area contributed by atoms with Crippen molar-refractivity contribution in [2.75, 3.05) is 19.8 Å². The zero-order chi connectivity index (χ0) is 14.8. The van der Waals surface area contributed by atoms with Gasteiger partial charge in [0.05, 0.1) is 25.7 Å². The molecule has 0 aromatic heterocycles. The van der Waals surface area contributed by atoms with Crippen LogP contribution < -0.4 is 0 Å². The fourth-order valence-electron chi connectivity index (χ4n) is 3.27. The average Bonchev–Trinajstić information content (AvgIpc) is 2.95. The van der Waals surface area contributed by atoms with Gasteiger partial charge in [-0.1, -0.05) is 12.1 Å². The average molecular weight is 289 g/mol. The van der Waals surface area contributed by atoms with E-state index in [0.717, 1.165) is 30.4 Å². The standard InChI is InChI=1S/C16H19NO4/c18-15(19)9-12-10-21-8-7-17(12)16(20)14-6-2-4-11-3-1-5-13(11)14/h2,4,6,12H,1,3,5,7-10H2,(H,18,19)/t12-/m0/s1. The predicted octanol–water partition coefficient (Wildman–Crippen LogP) is 1.49. The van der Waals surface area contributed by atoms with Crippen LogP contribution >= 0.6 is 0 Å². The Balaban J connectivity index is 1.86. The molecule has 1 aromatic rings. The van der Waals surface area contributed by atoms with Crippen molar-refractivity contribution >= 4 is 11.9 Å². The van der Waals surface area contributed by atoms with Gasteiger partial charge >= 0.3 is 5.97 Å². The molecular weight excluding hydrogens is 270 g/mol. The summed E-state index contributed by atoms with van der Waals surface area (Å²) in [7, 11) is 0. The highest BCUT2D eigenvalue weighted by molar-refractivity contribution is 5.96. The third-order valence-corrected chi connectivity index (χ3v) is 4.27. The Labute approximate surface area is 123 Å². The zero-order valence-electron chi connectivity index (χ0n) is 11.9. The monoisotopic (exact) mass is 289 g/mol. The molecule has 112 valence electrons. The van der Waals surface area contributed by atoms with E-state index in [1.165, 1.54) is 5.56 Å². The normalized spacial score (nSPS) is 21.1. The largest absolute Gasteiger partial charge is 0.481 e. The summed E-state index contributed by atoms with van der Waals surface area (Å²) in [6, 6.07) is 5.48. The zero-order valence-corrected chi connectivity index (χ0v) is 11.9. The number of aliphatic carboxylic acids is 1. The van der Waals surface area contributed by atoms with Crippen LogP contribution in [0.25, 0.3) is 0 Å². The van der Waals surface area contributed by atoms with Gasteiger partial charge in [0.1, 0.15) is 0 Å². The molecule has 21 heavy (non-hydrogen) atoms. The maximum Gasteiger partial charge on any atom is 0.305 e. The van der Waals surface area contributed by atoms with Gasteiger partial charge in [0.2, 0.25) is 0 Å². The van der Waals surface area contributed by atoms with Crippen molar-refractivity contribution in [2.24, 2.45) is 0 Å². The minimum absolute atomic E-state index is 0.0525. The van der Waals surface area contributed by atoms with Crippen LogP contribution in [-0.4, -0.2) is 47.7 Å². The summed E-state index contributed by atoms with van der Waals surface area (Å²) in [5.41, 5.74) is 3.13. The smallest absolute Gasteiger partial charge is 0.305 e. The van der Waals surface area contributed by atoms with Gasteiger partial charge in [-0.3, -0.25) is 9.59 Å². The van der Waals surface area contributed by atoms with Crippen molar-refractivity contribution < 1.29 is 19.4 Å². The van der Waals surface area contributed by atoms with Crippen LogP contribution in [0.3, 0.4) is 0 Å². The summed E-state index contributed by atoms with van der Waals surface area (Å²) in [4.78, 5) is 25.5. The molecular formula is C16H19NO4. The van der Waals surface area contributed by atoms with E-state index in [2.05, 4.69) is 6.07 Å². The molecule has 1 aliphatic carbocycles. The molecule has 3 rings (SSSR count). The van der Waals surface area contributed by atoms with E-state index in [1.54, 1.807) is 4.90 Å². The number of nitrogens with zero attached hydrogens (tertiary/aromatic N) is 1. The molecule has 0 unspecified atom stereocenters. The fourth-order valence-corrected chi connectivity index (χ4v) is 3.27. The van der Waals surface area contributed by atoms with E-state index >= 15 is 0 Å². The molecule has 0 radical (unpaired) electrons. The van der Waals surface area contributed by atoms with Crippen LogP contribution in [0.15, 0.2) is 18.2 Å². The van der Waals surface area contributed by atoms with Gasteiger partial charge < -0.3 is 14.7 Å². The van der Waals surface area contributed by atoms with Crippen LogP contribution in [0.5, 0.6) is 0 Å². The number of morpholine rings is 1. The Morgan fingerprint density at radius 1 is 1.33 bits per heavy atom. The third kappa shape index (κ3) is 2.78. The second-order valence-electron chi connectivity index (χ2n) is 5.62. The van der Waals surface area contributed by atoms with Gasteiger partial charge in [-0.2, -0.15) is 0 Å². The fraction of sp³-hybridized carbons (Fsp3) is 0.500. The molecule has 0 saturated carbocycles. The van der Waals surface area contributed by atoms with E-state index in [0.29, 0.717) is 19.8 Å². The van der Waals surface area contributed by atoms with Crippen LogP contribution in [-0.2, 0) is 22.4 Å². The quantitative estimate of drug-likeness (QED) is 0.915. The molecule has 1 heterocycles. The maximum absolute atomic E-state index is 12.8. The molecule has 1 aromatic carbocycles. The predicted molar refractivity (Wildman–Crippen MR) is 76.4 cm³/mol. The molecule has 5 heteroatoms. The van der Waals surface area contributed by atoms with Gasteiger partial charge in [0.25, 0.3) is 5.91 Å². The number of ether oxygens (including phenoxy) is 1. The van der Waals surface area contributed by atoms with Crippen LogP contribution in [0.4, 0.5) is 0 Å². The lowest BCUT2D eigenvalue weighted by Crippen LogP contribution is -2.49. The highest BCUT2D eigenvalue weighted by Gasteiger charge is 2.31. The summed E-state index contributed by atoms with van der Waals surface area (Å²) in [6.45, 7) is 1.23. The number of carbonyl (C=O) groups excluding carboxylic acids is 1. The molecule has 2 aliphatic rings. The molecule has 5 nitrogen and oxygen atoms in total. The number of amides is 1. The SMILES string of the molecule is O=C(O)C[C@H]1COCCN1C(=O)c1cccc2c1CCC2. The van der Waals surface area contributed by atoms with Gasteiger partial charge in [-0.25, -0.2) is 0 Å². The molecule has 1 N–H and O–H groups in total. The summed E-state index contributed by atoms with van der Waals surface area (Å²) in [6.07, 6.45) is 2.98. The molecule has 1 aliphatic heterocycles. The number of carboxylic acids is 1. The number of fused-ring (bicyclic) bond motifs is 1. The van der Waals surface area contributed by atoms with Crippen molar-refractivity contribution in [3.8, 4) is 0 Å². The van der Waals surface area contributed by atoms with Crippen molar-refractivity contribution in [3.63, 3.8) is 0 Å². The minimum atomic E-state index is -0.901. The van der Waals surface area contributed by atoms with Crippen molar-refractivity contribution in [3.05, 3.63) is 34.9 Å². The van der Waals surface area contributed by atoms with E-state index in [4.69, 9.17) is 9.84 Å². The molecule has 1 atom stereocenters. The lowest BCUT2D eigenvalue weighted by Gasteiger charge is -2.35. The Hall–Kier alpha value is -1.88. The second-order valence-corrected chi connectivity index (χ2v) is 5.62. The van der Waals surface area contributed by atoms with Crippen molar-refractivity contribution in [2.45, 2.75) is 31.7 Å². The Morgan fingerprint density at radius 2 is 2.19 bits per heavy atom. The van der Waals surface area contributed by atoms with Crippen LogP contribution in [0.1, 0.15) is 34.3 Å². The van der Waals surface area contributed by atoms with E-state index in [1.807, 2.05) is 12.1 Å². The first-order chi connectivity index (χ1) is 10.2. The van der Waals surface area contributed by atoms with Gasteiger partial charge in [0, 0.05) is 12.1 Å². The molecule has 1 saturated heterocycles. The Kier molecular flexibility index (Phi) is 3.92. The lowest BCUT2D eigenvalue weighted by atomic mass is 10.0. The number of benzene rings is 1. The van der Waals surface area contributed by atoms with E-state index in [-0.39, 0.29) is 18.4 Å². The number of hydrogen-bond acceptors (Lipinski definition) is 3. The van der Waals surface area contributed by atoms with Gasteiger partial charge in [0.15, 0.2) is 0 Å². The number of hydrogen-bond donors (Lipinski definition) is 1. The Bertz CT molecular complexity index is 569. The number of rotatable bonds is 3. The van der Waals surface area contributed by atoms with Crippen LogP contribution in [0, 0.1) is 0 Å². The van der Waals surface area contributed by atoms with Gasteiger partial charge in [-0.15, -0.1) is 0 Å². The lowest BCUT2D eigenvalue weighted by molar-refractivity contribution is -0.139. The minimum Gasteiger partial charge on any atom is -0.481 e. The number of carbonyl (C=O) groups is 2. The topological polar surface area (TPSA) is 66.8 Å². The highest BCUT2D eigenvalue weighted by Crippen LogP contribution is 2.27. The first kappa shape index (κ1) is 14.1. The number of aryl methyl sites for hydroxylation is 1. The van der Waals surface area contributed by atoms with Crippen LogP contribution in [0.2, 0.25) is 0 Å². The van der Waals surface area contributed by atoms with E-state index in [9.17, 15) is 9.59 Å². The van der Waals surface area contributed by atoms with Crippen molar-refractivity contribution in [1.82, 2.24) is 4.90 Å². The third-order valence-electron chi connectivity index (χ3n) is 4.27. The van der Waals surface area contributed by atoms with E-state index < -0.39 is 5.97 Å².